The number of aromatic nitrogens is 6. The third-order valence-corrected chi connectivity index (χ3v) is 5.90. The van der Waals surface area contributed by atoms with E-state index >= 15 is 0 Å². The first-order chi connectivity index (χ1) is 17.2. The fourth-order valence-electron chi connectivity index (χ4n) is 3.88. The highest BCUT2D eigenvalue weighted by Crippen LogP contribution is 2.45. The normalized spacial score (nSPS) is 13.6. The fourth-order valence-corrected chi connectivity index (χ4v) is 3.88. The molecule has 0 unspecified atom stereocenters. The van der Waals surface area contributed by atoms with E-state index in [-0.39, 0.29) is 12.4 Å². The summed E-state index contributed by atoms with van der Waals surface area (Å²) in [6.07, 6.45) is 1.75. The molecule has 186 valence electrons. The Morgan fingerprint density at radius 1 is 1.03 bits per heavy atom. The van der Waals surface area contributed by atoms with Gasteiger partial charge in [0.15, 0.2) is 11.5 Å². The molecule has 1 fully saturated rings. The summed E-state index contributed by atoms with van der Waals surface area (Å²) in [5.41, 5.74) is 2.77. The van der Waals surface area contributed by atoms with Crippen molar-refractivity contribution in [3.8, 4) is 34.5 Å². The Hall–Kier alpha value is -4.02. The number of methoxy groups -OCH3 is 1. The van der Waals surface area contributed by atoms with E-state index in [0.29, 0.717) is 34.6 Å². The van der Waals surface area contributed by atoms with Crippen molar-refractivity contribution >= 4 is 0 Å². The van der Waals surface area contributed by atoms with Gasteiger partial charge in [-0.25, -0.2) is 19.9 Å². The number of hydrogen-bond donors (Lipinski definition) is 0. The van der Waals surface area contributed by atoms with Crippen LogP contribution in [0.15, 0.2) is 43.0 Å². The van der Waals surface area contributed by atoms with Gasteiger partial charge < -0.3 is 14.0 Å². The maximum Gasteiger partial charge on any atom is 0.434 e. The average Bonchev–Trinajstić information content (AvgIpc) is 3.63. The molecule has 0 saturated heterocycles. The van der Waals surface area contributed by atoms with Crippen LogP contribution >= 0.6 is 0 Å². The fraction of sp³-hybridized carbons (Fsp3) is 0.320. The molecule has 1 aliphatic rings. The first-order valence-corrected chi connectivity index (χ1v) is 11.3. The van der Waals surface area contributed by atoms with Crippen molar-refractivity contribution in [1.82, 2.24) is 29.5 Å². The number of ether oxygens (including phenoxy) is 2. The summed E-state index contributed by atoms with van der Waals surface area (Å²) < 4.78 is 51.7. The van der Waals surface area contributed by atoms with Crippen molar-refractivity contribution in [3.05, 3.63) is 65.5 Å². The van der Waals surface area contributed by atoms with E-state index in [1.807, 2.05) is 6.92 Å². The molecule has 0 N–H and O–H groups in total. The number of nitrogens with zero attached hydrogens (tertiary/aromatic N) is 6. The van der Waals surface area contributed by atoms with Gasteiger partial charge in [-0.3, -0.25) is 0 Å². The van der Waals surface area contributed by atoms with Gasteiger partial charge in [-0.2, -0.15) is 18.2 Å². The van der Waals surface area contributed by atoms with Crippen molar-refractivity contribution in [3.63, 3.8) is 0 Å². The van der Waals surface area contributed by atoms with Crippen LogP contribution in [0, 0.1) is 6.92 Å². The first-order valence-electron chi connectivity index (χ1n) is 11.3. The van der Waals surface area contributed by atoms with Gasteiger partial charge in [0.25, 0.3) is 0 Å². The van der Waals surface area contributed by atoms with Gasteiger partial charge in [-0.15, -0.1) is 0 Å². The maximum absolute atomic E-state index is 13.0. The minimum absolute atomic E-state index is 0.212. The Kier molecular flexibility index (Phi) is 6.07. The van der Waals surface area contributed by atoms with Crippen molar-refractivity contribution < 1.29 is 22.6 Å². The molecular weight excluding hydrogens is 473 g/mol. The van der Waals surface area contributed by atoms with E-state index in [0.717, 1.165) is 35.9 Å². The molecule has 36 heavy (non-hydrogen) atoms. The summed E-state index contributed by atoms with van der Waals surface area (Å²) in [5.74, 6) is 1.84. The number of imidazole rings is 1. The van der Waals surface area contributed by atoms with E-state index in [9.17, 15) is 13.2 Å². The van der Waals surface area contributed by atoms with Crippen LogP contribution < -0.4 is 9.47 Å². The van der Waals surface area contributed by atoms with E-state index in [1.54, 1.807) is 37.6 Å². The monoisotopic (exact) mass is 496 g/mol. The number of hydrogen-bond acceptors (Lipinski definition) is 7. The summed E-state index contributed by atoms with van der Waals surface area (Å²) in [5, 5.41) is 0. The van der Waals surface area contributed by atoms with Crippen LogP contribution in [0.3, 0.4) is 0 Å². The van der Waals surface area contributed by atoms with Gasteiger partial charge >= 0.3 is 6.18 Å². The van der Waals surface area contributed by atoms with Crippen molar-refractivity contribution in [2.75, 3.05) is 7.11 Å². The Morgan fingerprint density at radius 2 is 1.78 bits per heavy atom. The average molecular weight is 496 g/mol. The molecule has 0 spiro atoms. The van der Waals surface area contributed by atoms with Gasteiger partial charge in [0.2, 0.25) is 11.8 Å². The van der Waals surface area contributed by atoms with Gasteiger partial charge in [0.1, 0.15) is 24.3 Å². The third kappa shape index (κ3) is 4.73. The molecule has 5 rings (SSSR count). The molecule has 0 atom stereocenters. The molecule has 0 amide bonds. The van der Waals surface area contributed by atoms with Crippen LogP contribution in [0.1, 0.15) is 41.3 Å². The predicted molar refractivity (Wildman–Crippen MR) is 124 cm³/mol. The van der Waals surface area contributed by atoms with Gasteiger partial charge in [0, 0.05) is 36.5 Å². The second-order valence-corrected chi connectivity index (χ2v) is 8.64. The molecule has 4 aromatic rings. The number of alkyl halides is 3. The summed E-state index contributed by atoms with van der Waals surface area (Å²) in [7, 11) is 3.08. The van der Waals surface area contributed by atoms with E-state index in [2.05, 4.69) is 24.9 Å². The number of rotatable bonds is 7. The molecular formula is C25H23F3N6O2. The number of benzene rings is 1. The number of aryl methyl sites for hydroxylation is 2. The second kappa shape index (κ2) is 9.21. The molecule has 8 nitrogen and oxygen atoms in total. The topological polar surface area (TPSA) is 87.8 Å². The lowest BCUT2D eigenvalue weighted by atomic mass is 10.1. The lowest BCUT2D eigenvalue weighted by molar-refractivity contribution is -0.140. The molecule has 1 saturated carbocycles. The van der Waals surface area contributed by atoms with Crippen LogP contribution in [0.25, 0.3) is 22.8 Å². The van der Waals surface area contributed by atoms with Crippen LogP contribution in [-0.4, -0.2) is 36.6 Å². The lowest BCUT2D eigenvalue weighted by Gasteiger charge is -2.13. The van der Waals surface area contributed by atoms with Crippen LogP contribution in [0.5, 0.6) is 11.8 Å². The molecule has 0 bridgehead atoms. The van der Waals surface area contributed by atoms with Gasteiger partial charge in [0.05, 0.1) is 12.8 Å². The molecule has 1 aliphatic carbocycles. The molecule has 0 radical (unpaired) electrons. The smallest absolute Gasteiger partial charge is 0.434 e. The molecule has 1 aromatic carbocycles. The minimum Gasteiger partial charge on any atom is -0.480 e. The summed E-state index contributed by atoms with van der Waals surface area (Å²) in [4.78, 5) is 21.5. The molecule has 3 aromatic heterocycles. The summed E-state index contributed by atoms with van der Waals surface area (Å²) in [6.45, 7) is 2.06. The Bertz CT molecular complexity index is 1400. The zero-order valence-electron chi connectivity index (χ0n) is 19.9. The highest BCUT2D eigenvalue weighted by molar-refractivity contribution is 5.66. The van der Waals surface area contributed by atoms with Crippen LogP contribution in [0.2, 0.25) is 0 Å². The molecule has 11 heteroatoms. The summed E-state index contributed by atoms with van der Waals surface area (Å²) >= 11 is 0. The third-order valence-electron chi connectivity index (χ3n) is 5.90. The van der Waals surface area contributed by atoms with E-state index in [1.165, 1.54) is 17.9 Å². The molecule has 0 aliphatic heterocycles. The lowest BCUT2D eigenvalue weighted by Crippen LogP contribution is -2.05. The van der Waals surface area contributed by atoms with Crippen molar-refractivity contribution in [1.29, 1.82) is 0 Å². The Labute approximate surface area is 205 Å². The van der Waals surface area contributed by atoms with Crippen molar-refractivity contribution in [2.24, 2.45) is 7.05 Å². The van der Waals surface area contributed by atoms with E-state index < -0.39 is 11.9 Å². The highest BCUT2D eigenvalue weighted by atomic mass is 19.4. The first kappa shape index (κ1) is 23.7. The zero-order chi connectivity index (χ0) is 25.4. The SMILES string of the molecule is COc1ncnc(C2CC2)c1-c1ncc(C)c(OCc2ccc(-c3nc(C(F)(F)F)cn3C)cc2)n1. The minimum atomic E-state index is -4.49. The molecule has 3 heterocycles. The predicted octanol–water partition coefficient (Wildman–Crippen LogP) is 5.13. The van der Waals surface area contributed by atoms with Crippen LogP contribution in [0.4, 0.5) is 13.2 Å². The van der Waals surface area contributed by atoms with Crippen molar-refractivity contribution in [2.45, 2.75) is 38.5 Å². The van der Waals surface area contributed by atoms with E-state index in [4.69, 9.17) is 9.47 Å². The highest BCUT2D eigenvalue weighted by Gasteiger charge is 2.34. The second-order valence-electron chi connectivity index (χ2n) is 8.64. The standard InChI is InChI=1S/C25H23F3N6O2/c1-14-10-29-21(19-20(16-8-9-16)30-13-31-24(19)35-3)33-23(14)36-12-15-4-6-17(7-5-15)22-32-18(11-34(22)2)25(26,27)28/h4-7,10-11,13,16H,8-9,12H2,1-3H3. The zero-order valence-corrected chi connectivity index (χ0v) is 19.9. The Balaban J connectivity index is 1.35. The quantitative estimate of drug-likeness (QED) is 0.351. The van der Waals surface area contributed by atoms with Gasteiger partial charge in [-0.1, -0.05) is 24.3 Å². The number of halogens is 3. The van der Waals surface area contributed by atoms with Crippen LogP contribution in [-0.2, 0) is 19.8 Å². The maximum atomic E-state index is 13.0. The largest absolute Gasteiger partial charge is 0.480 e. The van der Waals surface area contributed by atoms with Gasteiger partial charge in [-0.05, 0) is 25.3 Å². The summed E-state index contributed by atoms with van der Waals surface area (Å²) in [6, 6.07) is 7.00. The Morgan fingerprint density at radius 3 is 2.42 bits per heavy atom.